The Bertz CT molecular complexity index is 687. The summed E-state index contributed by atoms with van der Waals surface area (Å²) in [6.07, 6.45) is 4.12. The van der Waals surface area contributed by atoms with Crippen LogP contribution in [0.25, 0.3) is 0 Å². The topological polar surface area (TPSA) is 67.8 Å². The molecular weight excluding hydrogens is 431 g/mol. The smallest absolute Gasteiger partial charge is 0.136 e. The quantitative estimate of drug-likeness (QED) is 0.621. The maximum atomic E-state index is 12.9. The molecule has 1 aromatic rings. The van der Waals surface area contributed by atoms with Gasteiger partial charge in [-0.3, -0.25) is 0 Å². The summed E-state index contributed by atoms with van der Waals surface area (Å²) in [5.41, 5.74) is 0.668. The van der Waals surface area contributed by atoms with Crippen molar-refractivity contribution in [3.8, 4) is 5.75 Å². The van der Waals surface area contributed by atoms with E-state index in [1.807, 2.05) is 20.8 Å². The molecular formula is C21H32Cl2N2O3S. The maximum Gasteiger partial charge on any atom is 0.136 e. The Balaban J connectivity index is 1.78. The Labute approximate surface area is 187 Å². The minimum atomic E-state index is -1.27. The molecule has 2 heterocycles. The van der Waals surface area contributed by atoms with Crippen LogP contribution in [0.15, 0.2) is 12.1 Å². The van der Waals surface area contributed by atoms with Crippen LogP contribution < -0.4 is 4.72 Å². The van der Waals surface area contributed by atoms with Crippen molar-refractivity contribution in [1.29, 1.82) is 0 Å². The van der Waals surface area contributed by atoms with E-state index in [9.17, 15) is 9.66 Å². The number of benzene rings is 1. The highest BCUT2D eigenvalue weighted by atomic mass is 35.5. The summed E-state index contributed by atoms with van der Waals surface area (Å²) in [6, 6.07) is 3.53. The average Bonchev–Trinajstić information content (AvgIpc) is 2.69. The van der Waals surface area contributed by atoms with Crippen molar-refractivity contribution < 1.29 is 14.4 Å². The number of rotatable bonds is 5. The predicted molar refractivity (Wildman–Crippen MR) is 120 cm³/mol. The largest absolute Gasteiger partial charge is 0.598 e. The van der Waals surface area contributed by atoms with E-state index in [1.54, 1.807) is 6.07 Å². The Kier molecular flexibility index (Phi) is 8.04. The minimum Gasteiger partial charge on any atom is -0.598 e. The van der Waals surface area contributed by atoms with Crippen molar-refractivity contribution >= 4 is 34.6 Å². The number of halogens is 2. The number of hydrogen-bond acceptors (Lipinski definition) is 5. The number of ether oxygens (including phenoxy) is 1. The van der Waals surface area contributed by atoms with Crippen LogP contribution in [0.4, 0.5) is 0 Å². The Hall–Kier alpha value is -0.210. The van der Waals surface area contributed by atoms with Crippen molar-refractivity contribution in [2.75, 3.05) is 26.3 Å². The fraction of sp³-hybridized carbons (Fsp3) is 0.714. The first kappa shape index (κ1) is 23.5. The van der Waals surface area contributed by atoms with Crippen molar-refractivity contribution in [3.05, 3.63) is 27.7 Å². The van der Waals surface area contributed by atoms with Crippen molar-refractivity contribution in [2.45, 2.75) is 63.3 Å². The Morgan fingerprint density at radius 1 is 1.14 bits per heavy atom. The molecule has 0 aromatic heterocycles. The van der Waals surface area contributed by atoms with Crippen LogP contribution in [0.3, 0.4) is 0 Å². The van der Waals surface area contributed by atoms with Gasteiger partial charge in [-0.1, -0.05) is 23.2 Å². The van der Waals surface area contributed by atoms with E-state index in [2.05, 4.69) is 9.62 Å². The summed E-state index contributed by atoms with van der Waals surface area (Å²) in [6.45, 7) is 9.50. The molecule has 2 atom stereocenters. The zero-order valence-electron chi connectivity index (χ0n) is 17.4. The number of hydrogen-bond donors (Lipinski definition) is 2. The Morgan fingerprint density at radius 2 is 1.72 bits per heavy atom. The molecule has 2 fully saturated rings. The first-order valence-electron chi connectivity index (χ1n) is 10.3. The van der Waals surface area contributed by atoms with Crippen LogP contribution in [0, 0.1) is 5.92 Å². The summed E-state index contributed by atoms with van der Waals surface area (Å²) in [5.74, 6) is 0.343. The lowest BCUT2D eigenvalue weighted by Gasteiger charge is -2.41. The summed E-state index contributed by atoms with van der Waals surface area (Å²) in [7, 11) is 0. The van der Waals surface area contributed by atoms with E-state index in [0.29, 0.717) is 21.7 Å². The van der Waals surface area contributed by atoms with E-state index < -0.39 is 16.1 Å². The second kappa shape index (κ2) is 9.94. The van der Waals surface area contributed by atoms with E-state index >= 15 is 0 Å². The lowest BCUT2D eigenvalue weighted by Crippen LogP contribution is -2.48. The highest BCUT2D eigenvalue weighted by Crippen LogP contribution is 2.40. The van der Waals surface area contributed by atoms with Crippen LogP contribution in [0.5, 0.6) is 5.75 Å². The average molecular weight is 463 g/mol. The van der Waals surface area contributed by atoms with Crippen LogP contribution in [0.1, 0.15) is 58.1 Å². The number of phenols is 1. The number of nitrogens with one attached hydrogen (secondary N) is 1. The first-order chi connectivity index (χ1) is 13.7. The molecule has 0 radical (unpaired) electrons. The van der Waals surface area contributed by atoms with Gasteiger partial charge >= 0.3 is 0 Å². The van der Waals surface area contributed by atoms with E-state index in [-0.39, 0.29) is 17.7 Å². The molecule has 0 bridgehead atoms. The van der Waals surface area contributed by atoms with Gasteiger partial charge in [-0.25, -0.2) is 0 Å². The molecule has 29 heavy (non-hydrogen) atoms. The third-order valence-corrected chi connectivity index (χ3v) is 8.25. The zero-order valence-corrected chi connectivity index (χ0v) is 19.7. The minimum absolute atomic E-state index is 0.0923. The van der Waals surface area contributed by atoms with Gasteiger partial charge in [0.15, 0.2) is 0 Å². The lowest BCUT2D eigenvalue weighted by molar-refractivity contribution is 0.0187. The molecule has 0 amide bonds. The molecule has 0 spiro atoms. The van der Waals surface area contributed by atoms with Crippen molar-refractivity contribution in [2.24, 2.45) is 5.92 Å². The molecule has 8 heteroatoms. The van der Waals surface area contributed by atoms with E-state index in [4.69, 9.17) is 27.9 Å². The molecule has 2 aliphatic heterocycles. The number of likely N-dealkylation sites (tertiary alicyclic amines) is 1. The van der Waals surface area contributed by atoms with Crippen molar-refractivity contribution in [3.63, 3.8) is 0 Å². The van der Waals surface area contributed by atoms with Gasteiger partial charge in [0, 0.05) is 42.2 Å². The van der Waals surface area contributed by atoms with E-state index in [0.717, 1.165) is 52.0 Å². The fourth-order valence-electron chi connectivity index (χ4n) is 4.17. The molecule has 2 aliphatic rings. The third-order valence-electron chi connectivity index (χ3n) is 5.95. The molecule has 3 rings (SSSR count). The molecule has 2 N–H and O–H groups in total. The maximum absolute atomic E-state index is 12.9. The standard InChI is InChI=1S/C21H32Cl2N2O3S/c1-21(2,3)29(27)24-20(16-12-17(22)18(23)13-19(16)26)14-4-8-25(9-5-14)15-6-10-28-11-7-15/h12-15,20,24,26H,4-11H2,1-3H3. The number of nitrogens with zero attached hydrogens (tertiary/aromatic N) is 1. The monoisotopic (exact) mass is 462 g/mol. The van der Waals surface area contributed by atoms with Gasteiger partial charge in [0.2, 0.25) is 0 Å². The third kappa shape index (κ3) is 5.94. The van der Waals surface area contributed by atoms with Gasteiger partial charge in [0.25, 0.3) is 0 Å². The predicted octanol–water partition coefficient (Wildman–Crippen LogP) is 4.68. The number of phenolic OH excluding ortho intramolecular Hbond substituents is 1. The first-order valence-corrected chi connectivity index (χ1v) is 12.2. The molecule has 2 saturated heterocycles. The summed E-state index contributed by atoms with van der Waals surface area (Å²) in [4.78, 5) is 2.56. The van der Waals surface area contributed by atoms with Gasteiger partial charge in [0.1, 0.15) is 10.5 Å². The number of aromatic hydroxyl groups is 1. The summed E-state index contributed by atoms with van der Waals surface area (Å²) < 4.78 is 21.3. The van der Waals surface area contributed by atoms with Crippen molar-refractivity contribution in [1.82, 2.24) is 9.62 Å². The van der Waals surface area contributed by atoms with Crippen LogP contribution in [0.2, 0.25) is 10.0 Å². The van der Waals surface area contributed by atoms with Gasteiger partial charge in [0.05, 0.1) is 16.1 Å². The highest BCUT2D eigenvalue weighted by Gasteiger charge is 2.37. The van der Waals surface area contributed by atoms with Gasteiger partial charge in [-0.05, 0) is 71.5 Å². The van der Waals surface area contributed by atoms with Crippen LogP contribution >= 0.6 is 23.2 Å². The molecule has 164 valence electrons. The summed E-state index contributed by atoms with van der Waals surface area (Å²) >= 11 is 11.1. The highest BCUT2D eigenvalue weighted by molar-refractivity contribution is 7.90. The zero-order chi connectivity index (χ0) is 21.2. The summed E-state index contributed by atoms with van der Waals surface area (Å²) in [5, 5.41) is 11.3. The molecule has 0 saturated carbocycles. The fourth-order valence-corrected chi connectivity index (χ4v) is 5.41. The molecule has 2 unspecified atom stereocenters. The normalized spacial score (nSPS) is 22.6. The molecule has 1 aromatic carbocycles. The lowest BCUT2D eigenvalue weighted by atomic mass is 9.85. The molecule has 5 nitrogen and oxygen atoms in total. The second-order valence-corrected chi connectivity index (χ2v) is 11.8. The van der Waals surface area contributed by atoms with Gasteiger partial charge < -0.3 is 19.3 Å². The van der Waals surface area contributed by atoms with E-state index in [1.165, 1.54) is 6.07 Å². The van der Waals surface area contributed by atoms with Gasteiger partial charge in [-0.2, -0.15) is 0 Å². The molecule has 0 aliphatic carbocycles. The van der Waals surface area contributed by atoms with Gasteiger partial charge in [-0.15, -0.1) is 4.72 Å². The number of piperidine rings is 1. The van der Waals surface area contributed by atoms with Crippen LogP contribution in [-0.4, -0.2) is 51.7 Å². The second-order valence-electron chi connectivity index (χ2n) is 9.02. The van der Waals surface area contributed by atoms with Crippen LogP contribution in [-0.2, 0) is 16.1 Å². The Morgan fingerprint density at radius 3 is 2.31 bits per heavy atom. The SMILES string of the molecule is CC(C)(C)[S+]([O-])NC(c1cc(Cl)c(Cl)cc1O)C1CCN(C2CCOCC2)CC1.